The van der Waals surface area contributed by atoms with E-state index in [9.17, 15) is 4.79 Å². The van der Waals surface area contributed by atoms with Gasteiger partial charge in [-0.2, -0.15) is 0 Å². The van der Waals surface area contributed by atoms with Gasteiger partial charge in [0.05, 0.1) is 7.11 Å². The molecule has 2 aromatic rings. The van der Waals surface area contributed by atoms with Crippen LogP contribution in [0.5, 0.6) is 0 Å². The number of rotatable bonds is 7. The van der Waals surface area contributed by atoms with Gasteiger partial charge in [-0.25, -0.2) is 4.79 Å². The highest BCUT2D eigenvalue weighted by atomic mass is 16.5. The van der Waals surface area contributed by atoms with Crippen LogP contribution in [0.15, 0.2) is 54.6 Å². The van der Waals surface area contributed by atoms with Gasteiger partial charge in [-0.15, -0.1) is 0 Å². The molecule has 4 N–H and O–H groups in total. The highest BCUT2D eigenvalue weighted by molar-refractivity contribution is 5.95. The first-order valence-corrected chi connectivity index (χ1v) is 8.67. The number of nitrogens with one attached hydrogen (secondary N) is 2. The number of hydrogen-bond acceptors (Lipinski definition) is 4. The number of carbonyl (C=O) groups excluding carboxylic acids is 1. The Kier molecular flexibility index (Phi) is 6.94. The van der Waals surface area contributed by atoms with Crippen molar-refractivity contribution in [2.24, 2.45) is 5.73 Å². The summed E-state index contributed by atoms with van der Waals surface area (Å²) < 4.78 is 5.01. The normalized spacial score (nSPS) is 12.3. The molecule has 2 rings (SSSR count). The molecule has 1 unspecified atom stereocenters. The first-order chi connectivity index (χ1) is 13.0. The van der Waals surface area contributed by atoms with Crippen LogP contribution in [-0.4, -0.2) is 18.9 Å². The molecule has 0 spiro atoms. The highest BCUT2D eigenvalue weighted by Crippen LogP contribution is 2.25. The van der Waals surface area contributed by atoms with Crippen molar-refractivity contribution in [1.29, 1.82) is 5.41 Å². The SMILES string of the molecule is CC=Cc1cc(C=CC)cc(C(Nc2ccc(C(=N)N)cc2)C(=O)OC)c1. The predicted octanol–water partition coefficient (Wildman–Crippen LogP) is 4.36. The van der Waals surface area contributed by atoms with Crippen LogP contribution in [0.3, 0.4) is 0 Å². The topological polar surface area (TPSA) is 88.2 Å². The maximum atomic E-state index is 12.5. The molecule has 0 aliphatic rings. The van der Waals surface area contributed by atoms with E-state index < -0.39 is 6.04 Å². The second-order valence-electron chi connectivity index (χ2n) is 6.02. The fourth-order valence-corrected chi connectivity index (χ4v) is 2.76. The molecule has 0 saturated carbocycles. The molecule has 0 fully saturated rings. The monoisotopic (exact) mass is 363 g/mol. The van der Waals surface area contributed by atoms with E-state index in [0.29, 0.717) is 5.56 Å². The number of ether oxygens (including phenoxy) is 1. The minimum absolute atomic E-state index is 0.00103. The van der Waals surface area contributed by atoms with E-state index in [4.69, 9.17) is 15.9 Å². The van der Waals surface area contributed by atoms with Gasteiger partial charge < -0.3 is 15.8 Å². The smallest absolute Gasteiger partial charge is 0.332 e. The summed E-state index contributed by atoms with van der Waals surface area (Å²) in [6, 6.07) is 12.4. The van der Waals surface area contributed by atoms with Crippen LogP contribution in [0, 0.1) is 5.41 Å². The Labute approximate surface area is 160 Å². The average molecular weight is 363 g/mol. The van der Waals surface area contributed by atoms with Crippen molar-refractivity contribution in [3.63, 3.8) is 0 Å². The van der Waals surface area contributed by atoms with Crippen LogP contribution in [0.25, 0.3) is 12.2 Å². The molecule has 0 radical (unpaired) electrons. The first-order valence-electron chi connectivity index (χ1n) is 8.67. The molecular weight excluding hydrogens is 338 g/mol. The van der Waals surface area contributed by atoms with Crippen molar-refractivity contribution in [3.05, 3.63) is 76.9 Å². The molecule has 1 atom stereocenters. The van der Waals surface area contributed by atoms with E-state index in [-0.39, 0.29) is 11.8 Å². The number of hydrogen-bond donors (Lipinski definition) is 3. The molecular formula is C22H25N3O2. The van der Waals surface area contributed by atoms with Gasteiger partial charge in [0.25, 0.3) is 0 Å². The molecule has 0 aliphatic carbocycles. The lowest BCUT2D eigenvalue weighted by Crippen LogP contribution is -2.22. The predicted molar refractivity (Wildman–Crippen MR) is 112 cm³/mol. The minimum atomic E-state index is -0.660. The van der Waals surface area contributed by atoms with Gasteiger partial charge in [-0.05, 0) is 73.0 Å². The molecule has 2 aromatic carbocycles. The van der Waals surface area contributed by atoms with E-state index >= 15 is 0 Å². The third-order valence-corrected chi connectivity index (χ3v) is 4.00. The Balaban J connectivity index is 2.43. The summed E-state index contributed by atoms with van der Waals surface area (Å²) in [4.78, 5) is 12.5. The lowest BCUT2D eigenvalue weighted by molar-refractivity contribution is -0.141. The Hall–Kier alpha value is -3.34. The second kappa shape index (κ2) is 9.38. The maximum Gasteiger partial charge on any atom is 0.332 e. The lowest BCUT2D eigenvalue weighted by Gasteiger charge is -2.19. The van der Waals surface area contributed by atoms with Gasteiger partial charge in [0, 0.05) is 11.3 Å². The summed E-state index contributed by atoms with van der Waals surface area (Å²) in [5.41, 5.74) is 9.67. The van der Waals surface area contributed by atoms with Crippen molar-refractivity contribution < 1.29 is 9.53 Å². The van der Waals surface area contributed by atoms with Gasteiger partial charge in [-0.1, -0.05) is 24.3 Å². The van der Waals surface area contributed by atoms with E-state index in [1.165, 1.54) is 7.11 Å². The fraction of sp³-hybridized carbons (Fsp3) is 0.182. The van der Waals surface area contributed by atoms with Gasteiger partial charge in [0.15, 0.2) is 6.04 Å². The number of anilines is 1. The molecule has 0 aliphatic heterocycles. The van der Waals surface area contributed by atoms with Crippen molar-refractivity contribution in [1.82, 2.24) is 0 Å². The quantitative estimate of drug-likeness (QED) is 0.387. The van der Waals surface area contributed by atoms with Crippen LogP contribution in [0.1, 0.15) is 42.1 Å². The Morgan fingerprint density at radius 3 is 2.07 bits per heavy atom. The molecule has 0 saturated heterocycles. The molecule has 140 valence electrons. The average Bonchev–Trinajstić information content (AvgIpc) is 2.66. The number of carbonyl (C=O) groups is 1. The summed E-state index contributed by atoms with van der Waals surface area (Å²) in [7, 11) is 1.37. The Morgan fingerprint density at radius 2 is 1.63 bits per heavy atom. The number of allylic oxidation sites excluding steroid dienone is 2. The summed E-state index contributed by atoms with van der Waals surface area (Å²) in [5, 5.41) is 10.7. The van der Waals surface area contributed by atoms with Crippen LogP contribution in [-0.2, 0) is 9.53 Å². The Bertz CT molecular complexity index is 837. The largest absolute Gasteiger partial charge is 0.467 e. The van der Waals surface area contributed by atoms with E-state index in [1.807, 2.05) is 50.3 Å². The van der Waals surface area contributed by atoms with Gasteiger partial charge >= 0.3 is 5.97 Å². The fourth-order valence-electron chi connectivity index (χ4n) is 2.76. The first kappa shape index (κ1) is 20.0. The zero-order chi connectivity index (χ0) is 19.8. The van der Waals surface area contributed by atoms with E-state index in [2.05, 4.69) is 11.4 Å². The number of nitrogen functional groups attached to an aromatic ring is 1. The number of nitrogens with two attached hydrogens (primary N) is 1. The zero-order valence-corrected chi connectivity index (χ0v) is 15.8. The molecule has 5 nitrogen and oxygen atoms in total. The lowest BCUT2D eigenvalue weighted by atomic mass is 9.99. The van der Waals surface area contributed by atoms with Gasteiger partial charge in [-0.3, -0.25) is 5.41 Å². The molecule has 0 amide bonds. The van der Waals surface area contributed by atoms with Gasteiger partial charge in [0.2, 0.25) is 0 Å². The van der Waals surface area contributed by atoms with E-state index in [0.717, 1.165) is 22.4 Å². The number of methoxy groups -OCH3 is 1. The van der Waals surface area contributed by atoms with Crippen molar-refractivity contribution in [3.8, 4) is 0 Å². The standard InChI is InChI=1S/C22H25N3O2/c1-4-6-15-12-16(7-5-2)14-18(13-15)20(22(26)27-3)25-19-10-8-17(9-11-19)21(23)24/h4-14,20,25H,1-3H3,(H3,23,24). The van der Waals surface area contributed by atoms with Gasteiger partial charge in [0.1, 0.15) is 5.84 Å². The Morgan fingerprint density at radius 1 is 1.07 bits per heavy atom. The molecule has 27 heavy (non-hydrogen) atoms. The number of esters is 1. The summed E-state index contributed by atoms with van der Waals surface area (Å²) in [5.74, 6) is -0.379. The molecule has 5 heteroatoms. The number of amidine groups is 1. The van der Waals surface area contributed by atoms with Crippen LogP contribution in [0.2, 0.25) is 0 Å². The third kappa shape index (κ3) is 5.31. The summed E-state index contributed by atoms with van der Waals surface area (Å²) in [6.45, 7) is 3.91. The van der Waals surface area contributed by atoms with Crippen molar-refractivity contribution in [2.45, 2.75) is 19.9 Å². The maximum absolute atomic E-state index is 12.5. The molecule has 0 aromatic heterocycles. The van der Waals surface area contributed by atoms with E-state index in [1.54, 1.807) is 24.3 Å². The van der Waals surface area contributed by atoms with Crippen LogP contribution >= 0.6 is 0 Å². The van der Waals surface area contributed by atoms with Crippen LogP contribution < -0.4 is 11.1 Å². The van der Waals surface area contributed by atoms with Crippen molar-refractivity contribution >= 4 is 29.6 Å². The summed E-state index contributed by atoms with van der Waals surface area (Å²) in [6.07, 6.45) is 7.90. The molecule has 0 heterocycles. The highest BCUT2D eigenvalue weighted by Gasteiger charge is 2.22. The van der Waals surface area contributed by atoms with Crippen molar-refractivity contribution in [2.75, 3.05) is 12.4 Å². The summed E-state index contributed by atoms with van der Waals surface area (Å²) >= 11 is 0. The molecule has 0 bridgehead atoms. The van der Waals surface area contributed by atoms with Crippen LogP contribution in [0.4, 0.5) is 5.69 Å². The zero-order valence-electron chi connectivity index (χ0n) is 15.8. The number of benzene rings is 2. The third-order valence-electron chi connectivity index (χ3n) is 4.00. The minimum Gasteiger partial charge on any atom is -0.467 e. The second-order valence-corrected chi connectivity index (χ2v) is 6.02.